The van der Waals surface area contributed by atoms with Crippen molar-refractivity contribution in [1.29, 1.82) is 0 Å². The number of carbonyl (C=O) groups excluding carboxylic acids is 2. The van der Waals surface area contributed by atoms with Gasteiger partial charge < -0.3 is 15.5 Å². The van der Waals surface area contributed by atoms with Gasteiger partial charge in [0.25, 0.3) is 5.91 Å². The number of aryl methyl sites for hydroxylation is 1. The van der Waals surface area contributed by atoms with Gasteiger partial charge in [-0.2, -0.15) is 0 Å². The van der Waals surface area contributed by atoms with Crippen LogP contribution in [0.25, 0.3) is 32.2 Å². The van der Waals surface area contributed by atoms with E-state index in [1.54, 1.807) is 47.1 Å². The maximum absolute atomic E-state index is 13.1. The molecule has 2 aromatic carbocycles. The lowest BCUT2D eigenvalue weighted by Gasteiger charge is -2.38. The van der Waals surface area contributed by atoms with Crippen molar-refractivity contribution >= 4 is 55.6 Å². The number of likely N-dealkylation sites (tertiary alicyclic amines) is 1. The number of rotatable bonds is 5. The van der Waals surface area contributed by atoms with Crippen molar-refractivity contribution in [2.24, 2.45) is 0 Å². The van der Waals surface area contributed by atoms with Gasteiger partial charge in [0.15, 0.2) is 0 Å². The number of hydrogen-bond acceptors (Lipinski definition) is 7. The maximum Gasteiger partial charge on any atom is 0.253 e. The smallest absolute Gasteiger partial charge is 0.253 e. The van der Waals surface area contributed by atoms with Crippen molar-refractivity contribution in [1.82, 2.24) is 25.2 Å². The monoisotopic (exact) mass is 508 g/mol. The zero-order chi connectivity index (χ0) is 25.5. The number of nitrogens with one attached hydrogen (secondary N) is 2. The Balaban J connectivity index is 1.34. The van der Waals surface area contributed by atoms with Crippen LogP contribution in [0, 0.1) is 6.92 Å². The number of thiophene rings is 1. The first-order valence-corrected chi connectivity index (χ1v) is 12.8. The van der Waals surface area contributed by atoms with Gasteiger partial charge in [-0.15, -0.1) is 11.3 Å². The van der Waals surface area contributed by atoms with Gasteiger partial charge in [-0.1, -0.05) is 6.07 Å². The number of hydrogen-bond donors (Lipinski definition) is 2. The Morgan fingerprint density at radius 3 is 2.73 bits per heavy atom. The topological polar surface area (TPSA) is 100 Å². The Kier molecular flexibility index (Phi) is 5.77. The van der Waals surface area contributed by atoms with Crippen LogP contribution in [0.2, 0.25) is 0 Å². The highest BCUT2D eigenvalue weighted by molar-refractivity contribution is 7.17. The van der Waals surface area contributed by atoms with Gasteiger partial charge >= 0.3 is 0 Å². The van der Waals surface area contributed by atoms with Crippen LogP contribution in [0.1, 0.15) is 22.8 Å². The summed E-state index contributed by atoms with van der Waals surface area (Å²) in [6.07, 6.45) is 6.61. The zero-order valence-electron chi connectivity index (χ0n) is 20.4. The summed E-state index contributed by atoms with van der Waals surface area (Å²) >= 11 is 1.74. The van der Waals surface area contributed by atoms with Crippen molar-refractivity contribution in [3.8, 4) is 11.1 Å². The van der Waals surface area contributed by atoms with E-state index in [2.05, 4.69) is 56.1 Å². The van der Waals surface area contributed by atoms with E-state index >= 15 is 0 Å². The highest BCUT2D eigenvalue weighted by Crippen LogP contribution is 2.35. The largest absolute Gasteiger partial charge is 0.354 e. The fourth-order valence-corrected chi connectivity index (χ4v) is 5.55. The second-order valence-corrected chi connectivity index (χ2v) is 10.1. The standard InChI is InChI=1S/C28H24N6O2S/c1-16-15-37-26-4-3-18(9-22(16)26)23-10-19(11-24-27(23)31-8-7-30-24)32-25-12-29-6-5-21(25)28(36)33-20-13-34(14-20)17(2)35/h3-12,15,20,32H,13-14H2,1-2H3,(H,33,36). The number of carbonyl (C=O) groups is 2. The molecule has 1 fully saturated rings. The molecule has 3 aromatic heterocycles. The molecule has 1 aliphatic rings. The van der Waals surface area contributed by atoms with Crippen LogP contribution < -0.4 is 10.6 Å². The molecule has 0 bridgehead atoms. The van der Waals surface area contributed by atoms with E-state index in [0.29, 0.717) is 24.3 Å². The van der Waals surface area contributed by atoms with Crippen LogP contribution in [0.5, 0.6) is 0 Å². The molecule has 184 valence electrons. The highest BCUT2D eigenvalue weighted by Gasteiger charge is 2.30. The van der Waals surface area contributed by atoms with Gasteiger partial charge in [-0.05, 0) is 59.1 Å². The lowest BCUT2D eigenvalue weighted by molar-refractivity contribution is -0.133. The van der Waals surface area contributed by atoms with Crippen molar-refractivity contribution in [2.75, 3.05) is 18.4 Å². The van der Waals surface area contributed by atoms with Gasteiger partial charge in [0.05, 0.1) is 34.5 Å². The number of aromatic nitrogens is 3. The molecule has 0 spiro atoms. The molecule has 0 radical (unpaired) electrons. The fraction of sp³-hybridized carbons (Fsp3) is 0.179. The van der Waals surface area contributed by atoms with Crippen molar-refractivity contribution < 1.29 is 9.59 Å². The number of benzene rings is 2. The number of amides is 2. The normalized spacial score (nSPS) is 13.5. The third-order valence-electron chi connectivity index (χ3n) is 6.66. The summed E-state index contributed by atoms with van der Waals surface area (Å²) < 4.78 is 1.25. The second kappa shape index (κ2) is 9.25. The van der Waals surface area contributed by atoms with Gasteiger partial charge in [0.1, 0.15) is 0 Å². The predicted molar refractivity (Wildman–Crippen MR) is 146 cm³/mol. The summed E-state index contributed by atoms with van der Waals surface area (Å²) in [6, 6.07) is 12.0. The Labute approximate surface area is 217 Å². The molecule has 2 N–H and O–H groups in total. The molecular weight excluding hydrogens is 484 g/mol. The third-order valence-corrected chi connectivity index (χ3v) is 7.74. The Morgan fingerprint density at radius 2 is 1.89 bits per heavy atom. The van der Waals surface area contributed by atoms with E-state index in [4.69, 9.17) is 0 Å². The molecule has 0 saturated carbocycles. The summed E-state index contributed by atoms with van der Waals surface area (Å²) in [5, 5.41) is 9.78. The predicted octanol–water partition coefficient (Wildman–Crippen LogP) is 4.92. The molecule has 1 saturated heterocycles. The maximum atomic E-state index is 13.1. The molecule has 9 heteroatoms. The Morgan fingerprint density at radius 1 is 1.05 bits per heavy atom. The van der Waals surface area contributed by atoms with E-state index in [1.165, 1.54) is 22.6 Å². The van der Waals surface area contributed by atoms with Gasteiger partial charge in [0, 0.05) is 54.6 Å². The highest BCUT2D eigenvalue weighted by atomic mass is 32.1. The number of fused-ring (bicyclic) bond motifs is 2. The fourth-order valence-electron chi connectivity index (χ4n) is 4.63. The van der Waals surface area contributed by atoms with Crippen molar-refractivity contribution in [2.45, 2.75) is 19.9 Å². The van der Waals surface area contributed by atoms with Crippen LogP contribution >= 0.6 is 11.3 Å². The number of nitrogens with zero attached hydrogens (tertiary/aromatic N) is 4. The van der Waals surface area contributed by atoms with E-state index in [9.17, 15) is 9.59 Å². The van der Waals surface area contributed by atoms with Gasteiger partial charge in [-0.3, -0.25) is 24.5 Å². The lowest BCUT2D eigenvalue weighted by Crippen LogP contribution is -2.60. The van der Waals surface area contributed by atoms with Crippen LogP contribution in [0.3, 0.4) is 0 Å². The molecule has 6 rings (SSSR count). The average Bonchev–Trinajstić information content (AvgIpc) is 3.25. The first-order chi connectivity index (χ1) is 18.0. The van der Waals surface area contributed by atoms with Crippen LogP contribution in [-0.4, -0.2) is 50.8 Å². The summed E-state index contributed by atoms with van der Waals surface area (Å²) in [6.45, 7) is 4.70. The third kappa shape index (κ3) is 4.38. The van der Waals surface area contributed by atoms with Crippen LogP contribution in [0.4, 0.5) is 11.4 Å². The molecule has 5 aromatic rings. The summed E-state index contributed by atoms with van der Waals surface area (Å²) in [5.41, 5.74) is 6.65. The molecular formula is C28H24N6O2S. The molecule has 1 aliphatic heterocycles. The lowest BCUT2D eigenvalue weighted by atomic mass is 10.0. The minimum Gasteiger partial charge on any atom is -0.354 e. The molecule has 0 unspecified atom stereocenters. The molecule has 4 heterocycles. The Hall–Kier alpha value is -4.37. The van der Waals surface area contributed by atoms with Crippen LogP contribution in [-0.2, 0) is 4.79 Å². The first-order valence-electron chi connectivity index (χ1n) is 12.0. The van der Waals surface area contributed by atoms with Gasteiger partial charge in [0.2, 0.25) is 5.91 Å². The van der Waals surface area contributed by atoms with Crippen molar-refractivity contribution in [3.63, 3.8) is 0 Å². The van der Waals surface area contributed by atoms with Crippen LogP contribution in [0.15, 0.2) is 66.6 Å². The van der Waals surface area contributed by atoms with E-state index < -0.39 is 0 Å². The first kappa shape index (κ1) is 23.1. The zero-order valence-corrected chi connectivity index (χ0v) is 21.2. The van der Waals surface area contributed by atoms with E-state index in [0.717, 1.165) is 27.8 Å². The quantitative estimate of drug-likeness (QED) is 0.350. The van der Waals surface area contributed by atoms with Gasteiger partial charge in [-0.25, -0.2) is 0 Å². The molecule has 37 heavy (non-hydrogen) atoms. The van der Waals surface area contributed by atoms with E-state index in [1.807, 2.05) is 12.1 Å². The summed E-state index contributed by atoms with van der Waals surface area (Å²) in [5.74, 6) is -0.197. The van der Waals surface area contributed by atoms with E-state index in [-0.39, 0.29) is 17.9 Å². The molecule has 0 atom stereocenters. The molecule has 0 aliphatic carbocycles. The van der Waals surface area contributed by atoms with Crippen molar-refractivity contribution in [3.05, 3.63) is 77.7 Å². The minimum absolute atomic E-state index is 0.0141. The molecule has 8 nitrogen and oxygen atoms in total. The number of anilines is 2. The summed E-state index contributed by atoms with van der Waals surface area (Å²) in [7, 11) is 0. The average molecular weight is 509 g/mol. The minimum atomic E-state index is -0.211. The Bertz CT molecular complexity index is 1670. The second-order valence-electron chi connectivity index (χ2n) is 9.22. The summed E-state index contributed by atoms with van der Waals surface area (Å²) in [4.78, 5) is 39.6. The SMILES string of the molecule is CC(=O)N1CC(NC(=O)c2ccncc2Nc2cc(-c3ccc4scc(C)c4c3)c3nccnc3c2)C1. The molecule has 2 amide bonds. The number of pyridine rings is 1.